The molecule has 2 amide bonds. The summed E-state index contributed by atoms with van der Waals surface area (Å²) in [6, 6.07) is 9.20. The summed E-state index contributed by atoms with van der Waals surface area (Å²) in [5, 5.41) is 12.1. The molecule has 0 radical (unpaired) electrons. The summed E-state index contributed by atoms with van der Waals surface area (Å²) in [5.41, 5.74) is 3.66. The molecule has 0 aliphatic rings. The number of carbonyl (C=O) groups is 2. The molecule has 0 saturated carbocycles. The smallest absolute Gasteiger partial charge is 0.264 e. The van der Waals surface area contributed by atoms with Gasteiger partial charge in [-0.1, -0.05) is 24.3 Å². The minimum absolute atomic E-state index is 0.0110. The minimum atomic E-state index is -0.349. The Bertz CT molecular complexity index is 1170. The first-order valence-electron chi connectivity index (χ1n) is 9.39. The number of H-pyrrole nitrogens is 1. The molecule has 3 aromatic rings. The van der Waals surface area contributed by atoms with Crippen molar-refractivity contribution < 1.29 is 9.59 Å². The van der Waals surface area contributed by atoms with E-state index in [1.54, 1.807) is 44.7 Å². The van der Waals surface area contributed by atoms with Gasteiger partial charge in [-0.2, -0.15) is 5.26 Å². The molecule has 0 unspecified atom stereocenters. The molecular formula is C22H22N6O2. The molecule has 0 saturated heterocycles. The zero-order valence-electron chi connectivity index (χ0n) is 17.2. The van der Waals surface area contributed by atoms with Crippen LogP contribution in [-0.4, -0.2) is 51.8 Å². The van der Waals surface area contributed by atoms with Gasteiger partial charge < -0.3 is 15.2 Å². The minimum Gasteiger partial charge on any atom is -0.350 e. The van der Waals surface area contributed by atoms with Crippen molar-refractivity contribution in [3.8, 4) is 17.3 Å². The first kappa shape index (κ1) is 20.7. The summed E-state index contributed by atoms with van der Waals surface area (Å²) in [6.45, 7) is 3.79. The quantitative estimate of drug-likeness (QED) is 0.503. The number of aromatic amines is 1. The van der Waals surface area contributed by atoms with E-state index < -0.39 is 0 Å². The van der Waals surface area contributed by atoms with Crippen LogP contribution in [0.3, 0.4) is 0 Å². The Morgan fingerprint density at radius 2 is 1.93 bits per heavy atom. The van der Waals surface area contributed by atoms with Crippen LogP contribution in [0.2, 0.25) is 0 Å². The average molecular weight is 402 g/mol. The molecule has 3 rings (SSSR count). The van der Waals surface area contributed by atoms with Crippen molar-refractivity contribution in [1.29, 1.82) is 5.26 Å². The van der Waals surface area contributed by atoms with Crippen LogP contribution >= 0.6 is 0 Å². The highest BCUT2D eigenvalue weighted by Crippen LogP contribution is 2.22. The van der Waals surface area contributed by atoms with Crippen molar-refractivity contribution in [1.82, 2.24) is 25.2 Å². The topological polar surface area (TPSA) is 115 Å². The first-order chi connectivity index (χ1) is 14.3. The largest absolute Gasteiger partial charge is 0.350 e. The van der Waals surface area contributed by atoms with Gasteiger partial charge in [0.1, 0.15) is 17.2 Å². The highest BCUT2D eigenvalue weighted by Gasteiger charge is 2.16. The summed E-state index contributed by atoms with van der Waals surface area (Å²) in [4.78, 5) is 37.7. The Kier molecular flexibility index (Phi) is 5.93. The third kappa shape index (κ3) is 4.36. The van der Waals surface area contributed by atoms with E-state index in [0.29, 0.717) is 22.4 Å². The molecule has 2 heterocycles. The summed E-state index contributed by atoms with van der Waals surface area (Å²) >= 11 is 0. The summed E-state index contributed by atoms with van der Waals surface area (Å²) < 4.78 is 0. The van der Waals surface area contributed by atoms with E-state index in [9.17, 15) is 14.9 Å². The number of fused-ring (bicyclic) bond motifs is 1. The Morgan fingerprint density at radius 1 is 1.23 bits per heavy atom. The predicted octanol–water partition coefficient (Wildman–Crippen LogP) is 2.76. The Labute approximate surface area is 174 Å². The highest BCUT2D eigenvalue weighted by atomic mass is 16.2. The van der Waals surface area contributed by atoms with Crippen LogP contribution in [0, 0.1) is 11.3 Å². The van der Waals surface area contributed by atoms with Crippen molar-refractivity contribution in [3.05, 3.63) is 53.4 Å². The Morgan fingerprint density at radius 3 is 2.53 bits per heavy atom. The molecule has 152 valence electrons. The van der Waals surface area contributed by atoms with Crippen molar-refractivity contribution in [3.63, 3.8) is 0 Å². The lowest BCUT2D eigenvalue weighted by Crippen LogP contribution is -2.29. The summed E-state index contributed by atoms with van der Waals surface area (Å²) in [7, 11) is 3.20. The molecule has 1 aromatic carbocycles. The number of hydrogen-bond acceptors (Lipinski definition) is 5. The molecule has 0 bridgehead atoms. The number of nitrogens with zero attached hydrogens (tertiary/aromatic N) is 4. The van der Waals surface area contributed by atoms with Crippen LogP contribution in [0.4, 0.5) is 0 Å². The van der Waals surface area contributed by atoms with E-state index >= 15 is 0 Å². The molecule has 0 aliphatic carbocycles. The van der Waals surface area contributed by atoms with E-state index in [0.717, 1.165) is 11.1 Å². The van der Waals surface area contributed by atoms with Gasteiger partial charge in [0.2, 0.25) is 0 Å². The van der Waals surface area contributed by atoms with Gasteiger partial charge in [-0.3, -0.25) is 9.59 Å². The van der Waals surface area contributed by atoms with Crippen molar-refractivity contribution in [2.75, 3.05) is 14.1 Å². The van der Waals surface area contributed by atoms with E-state index in [-0.39, 0.29) is 23.4 Å². The van der Waals surface area contributed by atoms with Gasteiger partial charge in [0, 0.05) is 31.9 Å². The van der Waals surface area contributed by atoms with Gasteiger partial charge in [-0.25, -0.2) is 9.97 Å². The lowest BCUT2D eigenvalue weighted by atomic mass is 10.1. The fourth-order valence-electron chi connectivity index (χ4n) is 2.84. The number of nitriles is 1. The van der Waals surface area contributed by atoms with Crippen molar-refractivity contribution in [2.45, 2.75) is 19.9 Å². The normalized spacial score (nSPS) is 11.4. The number of rotatable bonds is 5. The SMILES string of the molecule is CC(C)NC(=O)c1c[nH]c2ncc(-c3ccc(/C=C(\C#N)C(=O)N(C)C)cc3)nc12. The van der Waals surface area contributed by atoms with Crippen LogP contribution in [0.5, 0.6) is 0 Å². The van der Waals surface area contributed by atoms with Gasteiger partial charge in [-0.15, -0.1) is 0 Å². The van der Waals surface area contributed by atoms with E-state index in [1.165, 1.54) is 4.90 Å². The second-order valence-electron chi connectivity index (χ2n) is 7.27. The molecule has 0 spiro atoms. The van der Waals surface area contributed by atoms with E-state index in [4.69, 9.17) is 0 Å². The predicted molar refractivity (Wildman–Crippen MR) is 114 cm³/mol. The summed E-state index contributed by atoms with van der Waals surface area (Å²) in [5.74, 6) is -0.560. The fourth-order valence-corrected chi connectivity index (χ4v) is 2.84. The third-order valence-electron chi connectivity index (χ3n) is 4.32. The van der Waals surface area contributed by atoms with Gasteiger partial charge >= 0.3 is 0 Å². The number of likely N-dealkylation sites (N-methyl/N-ethyl adjacent to an activating group) is 1. The number of nitrogens with one attached hydrogen (secondary N) is 2. The molecule has 0 aliphatic heterocycles. The first-order valence-corrected chi connectivity index (χ1v) is 9.39. The van der Waals surface area contributed by atoms with Crippen molar-refractivity contribution >= 4 is 29.1 Å². The third-order valence-corrected chi connectivity index (χ3v) is 4.32. The molecule has 8 nitrogen and oxygen atoms in total. The molecule has 2 N–H and O–H groups in total. The fraction of sp³-hybridized carbons (Fsp3) is 0.227. The number of carbonyl (C=O) groups excluding carboxylic acids is 2. The Balaban J connectivity index is 1.92. The molecule has 8 heteroatoms. The number of aromatic nitrogens is 3. The van der Waals surface area contributed by atoms with Crippen LogP contribution in [0.15, 0.2) is 42.2 Å². The maximum atomic E-state index is 12.4. The highest BCUT2D eigenvalue weighted by molar-refractivity contribution is 6.05. The molecule has 2 aromatic heterocycles. The number of hydrogen-bond donors (Lipinski definition) is 2. The van der Waals surface area contributed by atoms with Crippen LogP contribution in [-0.2, 0) is 4.79 Å². The monoisotopic (exact) mass is 402 g/mol. The van der Waals surface area contributed by atoms with Gasteiger partial charge in [-0.05, 0) is 25.5 Å². The molecule has 30 heavy (non-hydrogen) atoms. The second-order valence-corrected chi connectivity index (χ2v) is 7.27. The number of amides is 2. The Hall–Kier alpha value is -3.99. The zero-order valence-corrected chi connectivity index (χ0v) is 17.2. The van der Waals surface area contributed by atoms with Crippen molar-refractivity contribution in [2.24, 2.45) is 0 Å². The summed E-state index contributed by atoms with van der Waals surface area (Å²) in [6.07, 6.45) is 4.77. The van der Waals surface area contributed by atoms with E-state index in [2.05, 4.69) is 20.3 Å². The standard InChI is InChI=1S/C22H22N6O2/c1-13(2)26-21(29)17-11-24-20-19(17)27-18(12-25-20)15-7-5-14(6-8-15)9-16(10-23)22(30)28(3)4/h5-9,11-13H,1-4H3,(H,24,25)(H,26,29)/b16-9+. The van der Waals surface area contributed by atoms with Crippen LogP contribution < -0.4 is 5.32 Å². The maximum absolute atomic E-state index is 12.4. The lowest BCUT2D eigenvalue weighted by molar-refractivity contribution is -0.124. The average Bonchev–Trinajstić information content (AvgIpc) is 3.14. The van der Waals surface area contributed by atoms with Gasteiger partial charge in [0.25, 0.3) is 11.8 Å². The number of benzene rings is 1. The maximum Gasteiger partial charge on any atom is 0.264 e. The molecule has 0 atom stereocenters. The van der Waals surface area contributed by atoms with Crippen LogP contribution in [0.25, 0.3) is 28.5 Å². The van der Waals surface area contributed by atoms with E-state index in [1.807, 2.05) is 32.0 Å². The molecular weight excluding hydrogens is 380 g/mol. The lowest BCUT2D eigenvalue weighted by Gasteiger charge is -2.08. The van der Waals surface area contributed by atoms with Crippen LogP contribution in [0.1, 0.15) is 29.8 Å². The van der Waals surface area contributed by atoms with Gasteiger partial charge in [0.05, 0.1) is 17.5 Å². The molecule has 0 fully saturated rings. The zero-order chi connectivity index (χ0) is 21.8. The second kappa shape index (κ2) is 8.57. The van der Waals surface area contributed by atoms with Gasteiger partial charge in [0.15, 0.2) is 5.65 Å².